The fourth-order valence-corrected chi connectivity index (χ4v) is 3.33. The van der Waals surface area contributed by atoms with Crippen molar-refractivity contribution in [2.24, 2.45) is 0 Å². The Balaban J connectivity index is 3.37. The SMILES string of the molecule is C[C@@H](NS(=O)(=O)c1ccc(Cl)c([N+](=O)[O-])c1Cl)C(=O)O. The molecule has 0 bridgehead atoms. The molecule has 0 radical (unpaired) electrons. The van der Waals surface area contributed by atoms with E-state index in [0.717, 1.165) is 19.1 Å². The van der Waals surface area contributed by atoms with E-state index in [9.17, 15) is 23.3 Å². The molecule has 110 valence electrons. The van der Waals surface area contributed by atoms with Crippen LogP contribution in [0.25, 0.3) is 0 Å². The van der Waals surface area contributed by atoms with Crippen molar-refractivity contribution in [3.8, 4) is 0 Å². The van der Waals surface area contributed by atoms with Crippen molar-refractivity contribution in [2.45, 2.75) is 17.9 Å². The van der Waals surface area contributed by atoms with Crippen LogP contribution in [0.4, 0.5) is 5.69 Å². The van der Waals surface area contributed by atoms with Gasteiger partial charge in [-0.3, -0.25) is 14.9 Å². The summed E-state index contributed by atoms with van der Waals surface area (Å²) in [5.41, 5.74) is -0.765. The van der Waals surface area contributed by atoms with Gasteiger partial charge in [-0.15, -0.1) is 0 Å². The van der Waals surface area contributed by atoms with E-state index in [1.807, 2.05) is 4.72 Å². The highest BCUT2D eigenvalue weighted by atomic mass is 35.5. The number of carbonyl (C=O) groups is 1. The summed E-state index contributed by atoms with van der Waals surface area (Å²) in [6.45, 7) is 1.10. The number of benzene rings is 1. The topological polar surface area (TPSA) is 127 Å². The van der Waals surface area contributed by atoms with Crippen LogP contribution in [0, 0.1) is 10.1 Å². The van der Waals surface area contributed by atoms with Crippen LogP contribution in [0.15, 0.2) is 17.0 Å². The Morgan fingerprint density at radius 2 is 2.00 bits per heavy atom. The Morgan fingerprint density at radius 1 is 1.45 bits per heavy atom. The summed E-state index contributed by atoms with van der Waals surface area (Å²) in [7, 11) is -4.33. The lowest BCUT2D eigenvalue weighted by Crippen LogP contribution is -2.38. The Kier molecular flexibility index (Phi) is 4.92. The minimum absolute atomic E-state index is 0.328. The van der Waals surface area contributed by atoms with Gasteiger partial charge < -0.3 is 5.11 Å². The summed E-state index contributed by atoms with van der Waals surface area (Å²) in [6.07, 6.45) is 0. The molecule has 0 fully saturated rings. The maximum Gasteiger partial charge on any atom is 0.321 e. The molecule has 0 spiro atoms. The lowest BCUT2D eigenvalue weighted by molar-refractivity contribution is -0.384. The standard InChI is InChI=1S/C9H8Cl2N2O6S/c1-4(9(14)15)12-20(18,19)6-3-2-5(10)8(7(6)11)13(16)17/h2-4,12H,1H3,(H,14,15)/t4-/m1/s1. The molecular weight excluding hydrogens is 335 g/mol. The monoisotopic (exact) mass is 342 g/mol. The molecule has 0 saturated carbocycles. The number of hydrogen-bond donors (Lipinski definition) is 2. The molecule has 0 aliphatic rings. The van der Waals surface area contributed by atoms with E-state index < -0.39 is 42.6 Å². The Hall–Kier alpha value is -1.42. The second-order valence-corrected chi connectivity index (χ2v) is 6.11. The van der Waals surface area contributed by atoms with Crippen LogP contribution in [0.2, 0.25) is 10.0 Å². The molecule has 8 nitrogen and oxygen atoms in total. The van der Waals surface area contributed by atoms with Gasteiger partial charge in [-0.1, -0.05) is 23.2 Å². The third-order valence-corrected chi connectivity index (χ3v) is 4.59. The van der Waals surface area contributed by atoms with E-state index in [2.05, 4.69) is 0 Å². The zero-order valence-corrected chi connectivity index (χ0v) is 12.2. The summed E-state index contributed by atoms with van der Waals surface area (Å²) in [5, 5.41) is 18.4. The number of sulfonamides is 1. The average molecular weight is 343 g/mol. The predicted molar refractivity (Wildman–Crippen MR) is 70.5 cm³/mol. The van der Waals surface area contributed by atoms with Gasteiger partial charge in [0.2, 0.25) is 10.0 Å². The first-order valence-corrected chi connectivity index (χ1v) is 7.19. The zero-order chi connectivity index (χ0) is 15.7. The van der Waals surface area contributed by atoms with Crippen molar-refractivity contribution in [3.05, 3.63) is 32.3 Å². The third kappa shape index (κ3) is 3.37. The molecule has 0 aliphatic carbocycles. The average Bonchev–Trinajstić information content (AvgIpc) is 2.26. The quantitative estimate of drug-likeness (QED) is 0.618. The molecule has 0 amide bonds. The van der Waals surface area contributed by atoms with Crippen LogP contribution < -0.4 is 4.72 Å². The minimum atomic E-state index is -4.33. The third-order valence-electron chi connectivity index (χ3n) is 2.21. The Labute approximate surface area is 123 Å². The number of hydrogen-bond acceptors (Lipinski definition) is 5. The van der Waals surface area contributed by atoms with Crippen LogP contribution >= 0.6 is 23.2 Å². The number of nitro benzene ring substituents is 1. The molecule has 11 heteroatoms. The predicted octanol–water partition coefficient (Wildman–Crippen LogP) is 1.65. The van der Waals surface area contributed by atoms with Crippen molar-refractivity contribution in [3.63, 3.8) is 0 Å². The van der Waals surface area contributed by atoms with Gasteiger partial charge in [0, 0.05) is 0 Å². The maximum absolute atomic E-state index is 11.9. The van der Waals surface area contributed by atoms with E-state index in [1.165, 1.54) is 0 Å². The molecule has 0 aromatic heterocycles. The summed E-state index contributed by atoms with van der Waals surface area (Å²) in [6, 6.07) is 0.519. The second-order valence-electron chi connectivity index (χ2n) is 3.65. The van der Waals surface area contributed by atoms with E-state index in [4.69, 9.17) is 28.3 Å². The second kappa shape index (κ2) is 5.92. The molecule has 0 aliphatic heterocycles. The molecular formula is C9H8Cl2N2O6S. The molecule has 1 atom stereocenters. The smallest absolute Gasteiger partial charge is 0.321 e. The minimum Gasteiger partial charge on any atom is -0.480 e. The fraction of sp³-hybridized carbons (Fsp3) is 0.222. The van der Waals surface area contributed by atoms with Crippen molar-refractivity contribution in [2.75, 3.05) is 0 Å². The summed E-state index contributed by atoms with van der Waals surface area (Å²) in [5.74, 6) is -1.41. The molecule has 1 rings (SSSR count). The zero-order valence-electron chi connectivity index (χ0n) is 9.83. The first kappa shape index (κ1) is 16.6. The summed E-state index contributed by atoms with van der Waals surface area (Å²) >= 11 is 11.2. The van der Waals surface area contributed by atoms with Crippen LogP contribution in [0.3, 0.4) is 0 Å². The van der Waals surface area contributed by atoms with Crippen molar-refractivity contribution in [1.82, 2.24) is 4.72 Å². The van der Waals surface area contributed by atoms with E-state index in [-0.39, 0.29) is 5.02 Å². The highest BCUT2D eigenvalue weighted by Crippen LogP contribution is 2.37. The summed E-state index contributed by atoms with van der Waals surface area (Å²) < 4.78 is 25.7. The number of carboxylic acids is 1. The first-order chi connectivity index (χ1) is 9.08. The lowest BCUT2D eigenvalue weighted by atomic mass is 10.3. The largest absolute Gasteiger partial charge is 0.480 e. The molecule has 0 unspecified atom stereocenters. The number of rotatable bonds is 5. The van der Waals surface area contributed by atoms with Crippen molar-refractivity contribution in [1.29, 1.82) is 0 Å². The normalized spacial score (nSPS) is 12.9. The maximum atomic E-state index is 11.9. The number of carboxylic acid groups (broad SMARTS) is 1. The molecule has 0 saturated heterocycles. The van der Waals surface area contributed by atoms with Crippen molar-refractivity contribution < 1.29 is 23.2 Å². The van der Waals surface area contributed by atoms with E-state index in [1.54, 1.807) is 0 Å². The van der Waals surface area contributed by atoms with Crippen LogP contribution in [0.1, 0.15) is 6.92 Å². The van der Waals surface area contributed by atoms with Gasteiger partial charge in [-0.25, -0.2) is 8.42 Å². The molecule has 0 heterocycles. The van der Waals surface area contributed by atoms with Gasteiger partial charge in [0.15, 0.2) is 0 Å². The first-order valence-electron chi connectivity index (χ1n) is 4.95. The van der Waals surface area contributed by atoms with Gasteiger partial charge in [0.1, 0.15) is 21.0 Å². The van der Waals surface area contributed by atoms with E-state index in [0.29, 0.717) is 0 Å². The van der Waals surface area contributed by atoms with Crippen LogP contribution in [-0.4, -0.2) is 30.5 Å². The molecule has 1 aromatic rings. The number of nitrogens with one attached hydrogen (secondary N) is 1. The number of nitro groups is 1. The lowest BCUT2D eigenvalue weighted by Gasteiger charge is -2.11. The van der Waals surface area contributed by atoms with E-state index >= 15 is 0 Å². The molecule has 20 heavy (non-hydrogen) atoms. The van der Waals surface area contributed by atoms with Gasteiger partial charge in [0.25, 0.3) is 0 Å². The van der Waals surface area contributed by atoms with Gasteiger partial charge in [-0.05, 0) is 19.1 Å². The van der Waals surface area contributed by atoms with Crippen LogP contribution in [-0.2, 0) is 14.8 Å². The number of aliphatic carboxylic acids is 1. The molecule has 1 aromatic carbocycles. The fourth-order valence-electron chi connectivity index (χ4n) is 1.24. The van der Waals surface area contributed by atoms with Crippen molar-refractivity contribution >= 4 is 44.9 Å². The van der Waals surface area contributed by atoms with Gasteiger partial charge >= 0.3 is 11.7 Å². The van der Waals surface area contributed by atoms with Gasteiger partial charge in [-0.2, -0.15) is 4.72 Å². The highest BCUT2D eigenvalue weighted by molar-refractivity contribution is 7.89. The Morgan fingerprint density at radius 3 is 2.45 bits per heavy atom. The Bertz CT molecular complexity index is 675. The van der Waals surface area contributed by atoms with Gasteiger partial charge in [0.05, 0.1) is 4.92 Å². The highest BCUT2D eigenvalue weighted by Gasteiger charge is 2.29. The number of halogens is 2. The number of nitrogens with zero attached hydrogens (tertiary/aromatic N) is 1. The molecule has 2 N–H and O–H groups in total. The summed E-state index contributed by atoms with van der Waals surface area (Å²) in [4.78, 5) is 19.9. The van der Waals surface area contributed by atoms with Crippen LogP contribution in [0.5, 0.6) is 0 Å².